The second-order valence-corrected chi connectivity index (χ2v) is 12.5. The maximum absolute atomic E-state index is 9.30. The number of nitrogens with zero attached hydrogens (tertiary/aromatic N) is 4. The largest absolute Gasteiger partial charge is 0.198 e. The number of tetrazole rings is 1. The summed E-state index contributed by atoms with van der Waals surface area (Å²) in [6.07, 6.45) is 4.15. The summed E-state index contributed by atoms with van der Waals surface area (Å²) in [4.78, 5) is 0. The Morgan fingerprint density at radius 3 is 1.54 bits per heavy atom. The molecule has 0 aliphatic carbocycles. The van der Waals surface area contributed by atoms with E-state index in [1.54, 1.807) is 0 Å². The molecule has 3 rings (SSSR count). The summed E-state index contributed by atoms with van der Waals surface area (Å²) in [6, 6.07) is 23.9. The van der Waals surface area contributed by atoms with Gasteiger partial charge < -0.3 is 0 Å². The predicted octanol–water partition coefficient (Wildman–Crippen LogP) is 9.16. The lowest BCUT2D eigenvalue weighted by atomic mass is 9.79. The van der Waals surface area contributed by atoms with E-state index in [9.17, 15) is 5.26 Å². The van der Waals surface area contributed by atoms with Gasteiger partial charge in [-0.05, 0) is 72.3 Å². The molecule has 0 saturated heterocycles. The molecule has 39 heavy (non-hydrogen) atoms. The average Bonchev–Trinajstić information content (AvgIpc) is 3.44. The topological polar surface area (TPSA) is 78.2 Å². The minimum atomic E-state index is 0.178. The van der Waals surface area contributed by atoms with Gasteiger partial charge in [0.15, 0.2) is 5.82 Å². The maximum Gasteiger partial charge on any atom is 0.177 e. The third-order valence-corrected chi connectivity index (χ3v) is 7.56. The number of nitriles is 1. The summed E-state index contributed by atoms with van der Waals surface area (Å²) >= 11 is 0. The van der Waals surface area contributed by atoms with Crippen LogP contribution in [-0.4, -0.2) is 20.6 Å². The van der Waals surface area contributed by atoms with E-state index in [0.29, 0.717) is 41.4 Å². The molecule has 1 aromatic heterocycles. The van der Waals surface area contributed by atoms with Crippen LogP contribution in [0.15, 0.2) is 60.7 Å². The monoisotopic (exact) mass is 529 g/mol. The Kier molecular flexibility index (Phi) is 13.9. The third-order valence-electron chi connectivity index (χ3n) is 7.56. The fraction of sp³-hybridized carbons (Fsp3) is 0.588. The van der Waals surface area contributed by atoms with E-state index in [1.807, 2.05) is 0 Å². The lowest BCUT2D eigenvalue weighted by Gasteiger charge is -2.26. The van der Waals surface area contributed by atoms with Gasteiger partial charge in [0, 0.05) is 11.8 Å². The summed E-state index contributed by atoms with van der Waals surface area (Å²) in [5.41, 5.74) is 2.78. The molecule has 212 valence electrons. The first-order valence-electron chi connectivity index (χ1n) is 14.8. The van der Waals surface area contributed by atoms with Crippen molar-refractivity contribution in [2.24, 2.45) is 29.6 Å². The molecule has 0 fully saturated rings. The van der Waals surface area contributed by atoms with Crippen LogP contribution in [0.5, 0.6) is 0 Å². The van der Waals surface area contributed by atoms with Crippen LogP contribution in [0, 0.1) is 40.9 Å². The van der Waals surface area contributed by atoms with Crippen molar-refractivity contribution in [2.45, 2.75) is 98.8 Å². The SMILES string of the molecule is CC(C)CC(C#N)CC(c1ccccc1)C(C)C.CC(C)CC(CC(c1ccccc1)C(C)C)c1nn[nH]n1. The number of H-pyrrole nitrogens is 1. The van der Waals surface area contributed by atoms with Crippen LogP contribution in [0.2, 0.25) is 0 Å². The molecule has 5 nitrogen and oxygen atoms in total. The van der Waals surface area contributed by atoms with Crippen molar-refractivity contribution in [2.75, 3.05) is 0 Å². The van der Waals surface area contributed by atoms with Crippen LogP contribution in [-0.2, 0) is 0 Å². The predicted molar refractivity (Wildman–Crippen MR) is 162 cm³/mol. The van der Waals surface area contributed by atoms with Crippen molar-refractivity contribution in [1.82, 2.24) is 20.6 Å². The fourth-order valence-electron chi connectivity index (χ4n) is 5.59. The molecule has 0 amide bonds. The highest BCUT2D eigenvalue weighted by Gasteiger charge is 2.25. The highest BCUT2D eigenvalue weighted by molar-refractivity contribution is 5.21. The number of aromatic amines is 1. The molecule has 4 unspecified atom stereocenters. The molecular weight excluding hydrogens is 478 g/mol. The Morgan fingerprint density at radius 2 is 1.15 bits per heavy atom. The maximum atomic E-state index is 9.30. The van der Waals surface area contributed by atoms with Crippen LogP contribution in [0.1, 0.15) is 116 Å². The number of benzene rings is 2. The van der Waals surface area contributed by atoms with Crippen molar-refractivity contribution < 1.29 is 0 Å². The smallest absolute Gasteiger partial charge is 0.177 e. The summed E-state index contributed by atoms with van der Waals surface area (Å²) in [5.74, 6) is 4.79. The second-order valence-electron chi connectivity index (χ2n) is 12.5. The lowest BCUT2D eigenvalue weighted by Crippen LogP contribution is -2.14. The molecule has 1 N–H and O–H groups in total. The molecule has 3 aromatic rings. The summed E-state index contributed by atoms with van der Waals surface area (Å²) < 4.78 is 0. The first-order chi connectivity index (χ1) is 18.6. The van der Waals surface area contributed by atoms with Crippen LogP contribution in [0.25, 0.3) is 0 Å². The van der Waals surface area contributed by atoms with E-state index < -0.39 is 0 Å². The molecule has 2 aromatic carbocycles. The Morgan fingerprint density at radius 1 is 0.667 bits per heavy atom. The number of rotatable bonds is 13. The number of hydrogen-bond donors (Lipinski definition) is 1. The van der Waals surface area contributed by atoms with Crippen molar-refractivity contribution >= 4 is 0 Å². The zero-order chi connectivity index (χ0) is 28.8. The van der Waals surface area contributed by atoms with E-state index in [-0.39, 0.29) is 5.92 Å². The van der Waals surface area contributed by atoms with Gasteiger partial charge in [-0.1, -0.05) is 121 Å². The molecule has 0 saturated carbocycles. The number of hydrogen-bond acceptors (Lipinski definition) is 4. The van der Waals surface area contributed by atoms with E-state index in [1.165, 1.54) is 11.1 Å². The zero-order valence-electron chi connectivity index (χ0n) is 25.5. The van der Waals surface area contributed by atoms with Gasteiger partial charge in [-0.3, -0.25) is 0 Å². The molecule has 0 radical (unpaired) electrons. The number of nitrogens with one attached hydrogen (secondary N) is 1. The summed E-state index contributed by atoms with van der Waals surface area (Å²) in [5, 5.41) is 24.1. The Hall–Kier alpha value is -3.00. The Labute approximate surface area is 237 Å². The lowest BCUT2D eigenvalue weighted by molar-refractivity contribution is 0.375. The molecule has 0 spiro atoms. The Bertz CT molecular complexity index is 1050. The first-order valence-corrected chi connectivity index (χ1v) is 14.8. The normalized spacial score (nSPS) is 14.5. The highest BCUT2D eigenvalue weighted by Crippen LogP contribution is 2.37. The average molecular weight is 530 g/mol. The minimum absolute atomic E-state index is 0.178. The van der Waals surface area contributed by atoms with Gasteiger partial charge in [-0.2, -0.15) is 10.5 Å². The van der Waals surface area contributed by atoms with Crippen molar-refractivity contribution in [1.29, 1.82) is 5.26 Å². The van der Waals surface area contributed by atoms with Crippen LogP contribution in [0.4, 0.5) is 0 Å². The zero-order valence-corrected chi connectivity index (χ0v) is 25.5. The molecule has 5 heteroatoms. The third kappa shape index (κ3) is 11.3. The van der Waals surface area contributed by atoms with E-state index >= 15 is 0 Å². The van der Waals surface area contributed by atoms with Crippen LogP contribution >= 0.6 is 0 Å². The van der Waals surface area contributed by atoms with Crippen molar-refractivity contribution in [3.05, 3.63) is 77.6 Å². The molecule has 0 aliphatic rings. The summed E-state index contributed by atoms with van der Waals surface area (Å²) in [7, 11) is 0. The molecule has 4 atom stereocenters. The van der Waals surface area contributed by atoms with Gasteiger partial charge in [0.2, 0.25) is 0 Å². The number of aromatic nitrogens is 4. The first kappa shape index (κ1) is 32.2. The van der Waals surface area contributed by atoms with E-state index in [4.69, 9.17) is 0 Å². The quantitative estimate of drug-likeness (QED) is 0.239. The van der Waals surface area contributed by atoms with Crippen molar-refractivity contribution in [3.63, 3.8) is 0 Å². The van der Waals surface area contributed by atoms with Gasteiger partial charge in [-0.25, -0.2) is 0 Å². The van der Waals surface area contributed by atoms with Gasteiger partial charge in [0.1, 0.15) is 0 Å². The second kappa shape index (κ2) is 16.9. The standard InChI is InChI=1S/C17H26N4.C17H25N/c1-12(2)10-15(17-18-20-21-19-17)11-16(13(3)4)14-8-6-5-7-9-14;1-13(2)10-15(12-18)11-17(14(3)4)16-8-6-5-7-9-16/h5-9,12-13,15-16H,10-11H2,1-4H3,(H,18,19,20,21);5-9,13-15,17H,10-11H2,1-4H3. The van der Waals surface area contributed by atoms with Gasteiger partial charge in [0.25, 0.3) is 0 Å². The highest BCUT2D eigenvalue weighted by atomic mass is 15.5. The van der Waals surface area contributed by atoms with E-state index in [0.717, 1.165) is 31.5 Å². The van der Waals surface area contributed by atoms with Gasteiger partial charge >= 0.3 is 0 Å². The molecular formula is C34H51N5. The fourth-order valence-corrected chi connectivity index (χ4v) is 5.59. The minimum Gasteiger partial charge on any atom is -0.198 e. The molecule has 1 heterocycles. The van der Waals surface area contributed by atoms with Crippen LogP contribution < -0.4 is 0 Å². The van der Waals surface area contributed by atoms with Gasteiger partial charge in [-0.15, -0.1) is 10.2 Å². The molecule has 0 bridgehead atoms. The Balaban J connectivity index is 0.000000277. The van der Waals surface area contributed by atoms with Crippen LogP contribution in [0.3, 0.4) is 0 Å². The summed E-state index contributed by atoms with van der Waals surface area (Å²) in [6.45, 7) is 18.0. The van der Waals surface area contributed by atoms with Crippen molar-refractivity contribution in [3.8, 4) is 6.07 Å². The van der Waals surface area contributed by atoms with E-state index in [2.05, 4.69) is 143 Å². The molecule has 0 aliphatic heterocycles. The van der Waals surface area contributed by atoms with Gasteiger partial charge in [0.05, 0.1) is 6.07 Å².